The Kier molecular flexibility index (Phi) is 6.39. The van der Waals surface area contributed by atoms with Crippen LogP contribution in [-0.4, -0.2) is 30.1 Å². The topological polar surface area (TPSA) is 64.4 Å². The minimum atomic E-state index is -0.433. The molecule has 21 heavy (non-hydrogen) atoms. The molecular weight excluding hydrogens is 284 g/mol. The SMILES string of the molecule is CSCC[C@H](N)C(=O)NCc1ccccc1OC1CCC1. The van der Waals surface area contributed by atoms with E-state index in [0.29, 0.717) is 19.1 Å². The van der Waals surface area contributed by atoms with E-state index in [1.807, 2.05) is 30.5 Å². The summed E-state index contributed by atoms with van der Waals surface area (Å²) in [6.45, 7) is 0.467. The Balaban J connectivity index is 1.85. The number of hydrogen-bond acceptors (Lipinski definition) is 4. The molecule has 3 N–H and O–H groups in total. The van der Waals surface area contributed by atoms with Crippen LogP contribution in [0.15, 0.2) is 24.3 Å². The highest BCUT2D eigenvalue weighted by Crippen LogP contribution is 2.27. The van der Waals surface area contributed by atoms with Gasteiger partial charge in [0, 0.05) is 12.1 Å². The van der Waals surface area contributed by atoms with Gasteiger partial charge >= 0.3 is 0 Å². The highest BCUT2D eigenvalue weighted by atomic mass is 32.2. The molecule has 0 unspecified atom stereocenters. The second-order valence-electron chi connectivity index (χ2n) is 5.38. The number of rotatable bonds is 8. The van der Waals surface area contributed by atoms with Crippen LogP contribution in [0, 0.1) is 0 Å². The number of carbonyl (C=O) groups is 1. The second-order valence-corrected chi connectivity index (χ2v) is 6.37. The molecule has 1 aromatic rings. The summed E-state index contributed by atoms with van der Waals surface area (Å²) in [5.74, 6) is 1.68. The number of amides is 1. The molecule has 0 radical (unpaired) electrons. The van der Waals surface area contributed by atoms with Gasteiger partial charge in [0.05, 0.1) is 12.1 Å². The number of nitrogens with two attached hydrogens (primary N) is 1. The minimum Gasteiger partial charge on any atom is -0.490 e. The van der Waals surface area contributed by atoms with E-state index < -0.39 is 6.04 Å². The molecule has 0 heterocycles. The molecule has 1 aliphatic rings. The van der Waals surface area contributed by atoms with Crippen molar-refractivity contribution in [2.45, 2.75) is 44.4 Å². The standard InChI is InChI=1S/C16H24N2O2S/c1-21-10-9-14(17)16(19)18-11-12-5-2-3-8-15(12)20-13-6-4-7-13/h2-3,5,8,13-14H,4,6-7,9-11,17H2,1H3,(H,18,19)/t14-/m0/s1. The van der Waals surface area contributed by atoms with Gasteiger partial charge in [0.25, 0.3) is 0 Å². The second kappa shape index (κ2) is 8.29. The summed E-state index contributed by atoms with van der Waals surface area (Å²) < 4.78 is 5.95. The van der Waals surface area contributed by atoms with E-state index in [1.165, 1.54) is 6.42 Å². The number of ether oxygens (including phenoxy) is 1. The number of carbonyl (C=O) groups excluding carboxylic acids is 1. The van der Waals surface area contributed by atoms with Crippen molar-refractivity contribution >= 4 is 17.7 Å². The maximum absolute atomic E-state index is 11.9. The van der Waals surface area contributed by atoms with E-state index in [-0.39, 0.29) is 5.91 Å². The molecule has 116 valence electrons. The van der Waals surface area contributed by atoms with Gasteiger partial charge in [0.2, 0.25) is 5.91 Å². The van der Waals surface area contributed by atoms with Crippen LogP contribution in [0.2, 0.25) is 0 Å². The van der Waals surface area contributed by atoms with Crippen LogP contribution in [-0.2, 0) is 11.3 Å². The van der Waals surface area contributed by atoms with Crippen molar-refractivity contribution in [3.8, 4) is 5.75 Å². The van der Waals surface area contributed by atoms with Crippen molar-refractivity contribution in [1.82, 2.24) is 5.32 Å². The molecule has 5 heteroatoms. The van der Waals surface area contributed by atoms with Crippen LogP contribution >= 0.6 is 11.8 Å². The van der Waals surface area contributed by atoms with Crippen LogP contribution in [0.1, 0.15) is 31.2 Å². The lowest BCUT2D eigenvalue weighted by atomic mass is 9.96. The molecule has 0 aliphatic heterocycles. The van der Waals surface area contributed by atoms with Crippen LogP contribution in [0.4, 0.5) is 0 Å². The lowest BCUT2D eigenvalue weighted by molar-refractivity contribution is -0.122. The zero-order valence-electron chi connectivity index (χ0n) is 12.5. The van der Waals surface area contributed by atoms with Crippen molar-refractivity contribution in [2.24, 2.45) is 5.73 Å². The Hall–Kier alpha value is -1.20. The highest BCUT2D eigenvalue weighted by Gasteiger charge is 2.20. The predicted molar refractivity (Wildman–Crippen MR) is 87.5 cm³/mol. The van der Waals surface area contributed by atoms with E-state index in [0.717, 1.165) is 29.9 Å². The molecule has 1 atom stereocenters. The van der Waals surface area contributed by atoms with E-state index in [1.54, 1.807) is 11.8 Å². The van der Waals surface area contributed by atoms with E-state index in [2.05, 4.69) is 5.32 Å². The number of thioether (sulfide) groups is 1. The molecule has 4 nitrogen and oxygen atoms in total. The molecule has 0 bridgehead atoms. The lowest BCUT2D eigenvalue weighted by Gasteiger charge is -2.27. The number of benzene rings is 1. The van der Waals surface area contributed by atoms with E-state index in [9.17, 15) is 4.79 Å². The first kappa shape index (κ1) is 16.2. The van der Waals surface area contributed by atoms with E-state index >= 15 is 0 Å². The lowest BCUT2D eigenvalue weighted by Crippen LogP contribution is -2.40. The van der Waals surface area contributed by atoms with Crippen LogP contribution in [0.3, 0.4) is 0 Å². The monoisotopic (exact) mass is 308 g/mol. The zero-order chi connectivity index (χ0) is 15.1. The average molecular weight is 308 g/mol. The molecule has 0 saturated heterocycles. The Labute approximate surface area is 130 Å². The first-order chi connectivity index (χ1) is 10.2. The van der Waals surface area contributed by atoms with Gasteiger partial charge in [-0.2, -0.15) is 11.8 Å². The van der Waals surface area contributed by atoms with Gasteiger partial charge in [-0.15, -0.1) is 0 Å². The summed E-state index contributed by atoms with van der Waals surface area (Å²) in [7, 11) is 0. The van der Waals surface area contributed by atoms with Crippen molar-refractivity contribution in [3.05, 3.63) is 29.8 Å². The predicted octanol–water partition coefficient (Wildman–Crippen LogP) is 2.31. The Bertz CT molecular complexity index is 463. The van der Waals surface area contributed by atoms with Gasteiger partial charge in [-0.3, -0.25) is 4.79 Å². The van der Waals surface area contributed by atoms with Crippen molar-refractivity contribution < 1.29 is 9.53 Å². The maximum atomic E-state index is 11.9. The zero-order valence-corrected chi connectivity index (χ0v) is 13.3. The van der Waals surface area contributed by atoms with Crippen molar-refractivity contribution in [1.29, 1.82) is 0 Å². The molecule has 0 spiro atoms. The van der Waals surface area contributed by atoms with Crippen molar-refractivity contribution in [2.75, 3.05) is 12.0 Å². The fourth-order valence-electron chi connectivity index (χ4n) is 2.12. The van der Waals surface area contributed by atoms with Gasteiger partial charge in [-0.1, -0.05) is 18.2 Å². The average Bonchev–Trinajstić information content (AvgIpc) is 2.46. The fourth-order valence-corrected chi connectivity index (χ4v) is 2.61. The molecule has 1 amide bonds. The first-order valence-electron chi connectivity index (χ1n) is 7.47. The van der Waals surface area contributed by atoms with Crippen LogP contribution in [0.25, 0.3) is 0 Å². The van der Waals surface area contributed by atoms with Gasteiger partial charge in [-0.25, -0.2) is 0 Å². The summed E-state index contributed by atoms with van der Waals surface area (Å²) in [6, 6.07) is 7.44. The number of hydrogen-bond donors (Lipinski definition) is 2. The normalized spacial score (nSPS) is 16.1. The third-order valence-corrected chi connectivity index (χ3v) is 4.39. The van der Waals surface area contributed by atoms with Crippen LogP contribution in [0.5, 0.6) is 5.75 Å². The molecule has 1 aliphatic carbocycles. The number of para-hydroxylation sites is 1. The summed E-state index contributed by atoms with van der Waals surface area (Å²) in [6.07, 6.45) is 6.55. The fraction of sp³-hybridized carbons (Fsp3) is 0.562. The molecular formula is C16H24N2O2S. The summed E-state index contributed by atoms with van der Waals surface area (Å²) >= 11 is 1.70. The molecule has 1 fully saturated rings. The number of nitrogens with one attached hydrogen (secondary N) is 1. The maximum Gasteiger partial charge on any atom is 0.237 e. The van der Waals surface area contributed by atoms with Gasteiger partial charge < -0.3 is 15.8 Å². The molecule has 2 rings (SSSR count). The third-order valence-electron chi connectivity index (χ3n) is 3.74. The Morgan fingerprint density at radius 2 is 2.24 bits per heavy atom. The highest BCUT2D eigenvalue weighted by molar-refractivity contribution is 7.98. The van der Waals surface area contributed by atoms with Gasteiger partial charge in [0.1, 0.15) is 5.75 Å². The third kappa shape index (κ3) is 4.93. The first-order valence-corrected chi connectivity index (χ1v) is 8.87. The van der Waals surface area contributed by atoms with Crippen LogP contribution < -0.4 is 15.8 Å². The van der Waals surface area contributed by atoms with Gasteiger partial charge in [0.15, 0.2) is 0 Å². The Morgan fingerprint density at radius 1 is 1.48 bits per heavy atom. The largest absolute Gasteiger partial charge is 0.490 e. The Morgan fingerprint density at radius 3 is 2.90 bits per heavy atom. The smallest absolute Gasteiger partial charge is 0.237 e. The van der Waals surface area contributed by atoms with E-state index in [4.69, 9.17) is 10.5 Å². The quantitative estimate of drug-likeness (QED) is 0.773. The summed E-state index contributed by atoms with van der Waals surface area (Å²) in [5.41, 5.74) is 6.87. The van der Waals surface area contributed by atoms with Gasteiger partial charge in [-0.05, 0) is 43.8 Å². The minimum absolute atomic E-state index is 0.0949. The molecule has 1 saturated carbocycles. The summed E-state index contributed by atoms with van der Waals surface area (Å²) in [4.78, 5) is 11.9. The molecule has 1 aromatic carbocycles. The van der Waals surface area contributed by atoms with Crippen molar-refractivity contribution in [3.63, 3.8) is 0 Å². The summed E-state index contributed by atoms with van der Waals surface area (Å²) in [5, 5.41) is 2.90. The molecule has 0 aromatic heterocycles.